The number of benzene rings is 1. The highest BCUT2D eigenvalue weighted by Gasteiger charge is 2.27. The number of hydrogen-bond acceptors (Lipinski definition) is 6. The molecule has 1 unspecified atom stereocenters. The summed E-state index contributed by atoms with van der Waals surface area (Å²) in [6.07, 6.45) is 3.85. The second-order valence-electron chi connectivity index (χ2n) is 9.36. The van der Waals surface area contributed by atoms with E-state index in [9.17, 15) is 4.79 Å². The molecule has 1 amide bonds. The van der Waals surface area contributed by atoms with Crippen molar-refractivity contribution in [3.05, 3.63) is 75.2 Å². The van der Waals surface area contributed by atoms with E-state index in [-0.39, 0.29) is 12.0 Å². The van der Waals surface area contributed by atoms with Gasteiger partial charge in [0.15, 0.2) is 0 Å². The van der Waals surface area contributed by atoms with Gasteiger partial charge in [0, 0.05) is 43.9 Å². The molecule has 0 bridgehead atoms. The number of thiophene rings is 1. The molecular formula is C27H31N5O2S. The summed E-state index contributed by atoms with van der Waals surface area (Å²) >= 11 is 1.50. The number of nitrogens with zero attached hydrogens (tertiary/aromatic N) is 4. The van der Waals surface area contributed by atoms with Crippen molar-refractivity contribution in [2.24, 2.45) is 0 Å². The van der Waals surface area contributed by atoms with Gasteiger partial charge in [0.05, 0.1) is 28.7 Å². The maximum absolute atomic E-state index is 13.7. The molecule has 1 aliphatic rings. The Labute approximate surface area is 209 Å². The van der Waals surface area contributed by atoms with Gasteiger partial charge in [-0.15, -0.1) is 11.3 Å². The Kier molecular flexibility index (Phi) is 6.83. The van der Waals surface area contributed by atoms with Crippen LogP contribution in [0.5, 0.6) is 0 Å². The number of pyridine rings is 1. The van der Waals surface area contributed by atoms with Crippen LogP contribution < -0.4 is 4.90 Å². The highest BCUT2D eigenvalue weighted by molar-refractivity contribution is 7.12. The minimum Gasteiger partial charge on any atom is -0.376 e. The third kappa shape index (κ3) is 5.23. The van der Waals surface area contributed by atoms with Crippen molar-refractivity contribution < 1.29 is 9.53 Å². The lowest BCUT2D eigenvalue weighted by Crippen LogP contribution is -2.37. The van der Waals surface area contributed by atoms with Crippen LogP contribution in [0.4, 0.5) is 5.82 Å². The molecule has 3 aromatic heterocycles. The van der Waals surface area contributed by atoms with Crippen molar-refractivity contribution in [1.82, 2.24) is 20.1 Å². The highest BCUT2D eigenvalue weighted by atomic mass is 32.1. The number of carbonyl (C=O) groups is 1. The molecule has 0 aliphatic carbocycles. The summed E-state index contributed by atoms with van der Waals surface area (Å²) in [7, 11) is 2.03. The number of aromatic amines is 1. The van der Waals surface area contributed by atoms with Crippen LogP contribution in [-0.2, 0) is 17.8 Å². The van der Waals surface area contributed by atoms with Gasteiger partial charge >= 0.3 is 0 Å². The number of nitrogens with one attached hydrogen (secondary N) is 1. The first-order valence-electron chi connectivity index (χ1n) is 12.0. The lowest BCUT2D eigenvalue weighted by molar-refractivity contribution is 0.0510. The third-order valence-corrected chi connectivity index (χ3v) is 7.51. The summed E-state index contributed by atoms with van der Waals surface area (Å²) in [6, 6.07) is 12.5. The Bertz CT molecular complexity index is 1310. The Balaban J connectivity index is 1.53. The summed E-state index contributed by atoms with van der Waals surface area (Å²) in [5, 5.41) is 10.2. The van der Waals surface area contributed by atoms with Crippen LogP contribution in [0.1, 0.15) is 44.9 Å². The molecule has 0 spiro atoms. The number of hydrogen-bond donors (Lipinski definition) is 1. The van der Waals surface area contributed by atoms with E-state index in [0.29, 0.717) is 19.6 Å². The van der Waals surface area contributed by atoms with Crippen LogP contribution in [0.15, 0.2) is 48.0 Å². The molecule has 1 fully saturated rings. The molecule has 1 saturated heterocycles. The van der Waals surface area contributed by atoms with Gasteiger partial charge in [0.2, 0.25) is 0 Å². The van der Waals surface area contributed by atoms with Gasteiger partial charge in [-0.05, 0) is 68.0 Å². The SMILES string of the molecule is Cc1ccc2nc(N(C)Cc3ccn[nH]3)c(CN(CC3CCCO3)C(=O)c3sccc3C)cc2c1. The Morgan fingerprint density at radius 3 is 2.80 bits per heavy atom. The van der Waals surface area contributed by atoms with E-state index in [1.807, 2.05) is 36.4 Å². The molecule has 182 valence electrons. The molecule has 4 heterocycles. The molecule has 1 aliphatic heterocycles. The summed E-state index contributed by atoms with van der Waals surface area (Å²) < 4.78 is 5.93. The summed E-state index contributed by atoms with van der Waals surface area (Å²) in [5.41, 5.74) is 5.17. The predicted octanol–water partition coefficient (Wildman–Crippen LogP) is 5.09. The van der Waals surface area contributed by atoms with Crippen molar-refractivity contribution in [3.63, 3.8) is 0 Å². The molecule has 0 radical (unpaired) electrons. The van der Waals surface area contributed by atoms with Crippen molar-refractivity contribution in [2.75, 3.05) is 25.1 Å². The zero-order chi connectivity index (χ0) is 24.4. The second kappa shape index (κ2) is 10.2. The van der Waals surface area contributed by atoms with Crippen molar-refractivity contribution in [1.29, 1.82) is 0 Å². The fourth-order valence-electron chi connectivity index (χ4n) is 4.67. The first-order valence-corrected chi connectivity index (χ1v) is 12.9. The zero-order valence-electron chi connectivity index (χ0n) is 20.5. The Hall–Kier alpha value is -3.23. The molecular weight excluding hydrogens is 458 g/mol. The monoisotopic (exact) mass is 489 g/mol. The van der Waals surface area contributed by atoms with Gasteiger partial charge in [-0.2, -0.15) is 5.10 Å². The average Bonchev–Trinajstić information content (AvgIpc) is 3.61. The first-order chi connectivity index (χ1) is 17.0. The fraction of sp³-hybridized carbons (Fsp3) is 0.370. The first kappa shape index (κ1) is 23.5. The van der Waals surface area contributed by atoms with Gasteiger partial charge in [-0.1, -0.05) is 11.6 Å². The third-order valence-electron chi connectivity index (χ3n) is 6.51. The van der Waals surface area contributed by atoms with Gasteiger partial charge in [-0.3, -0.25) is 9.89 Å². The number of H-pyrrole nitrogens is 1. The number of aryl methyl sites for hydroxylation is 2. The van der Waals surface area contributed by atoms with E-state index < -0.39 is 0 Å². The molecule has 1 aromatic carbocycles. The fourth-order valence-corrected chi connectivity index (χ4v) is 5.57. The van der Waals surface area contributed by atoms with Crippen molar-refractivity contribution in [3.8, 4) is 0 Å². The van der Waals surface area contributed by atoms with Gasteiger partial charge in [-0.25, -0.2) is 4.98 Å². The highest BCUT2D eigenvalue weighted by Crippen LogP contribution is 2.28. The lowest BCUT2D eigenvalue weighted by atomic mass is 10.1. The minimum atomic E-state index is 0.0551. The molecule has 8 heteroatoms. The molecule has 5 rings (SSSR count). The van der Waals surface area contributed by atoms with E-state index >= 15 is 0 Å². The second-order valence-corrected chi connectivity index (χ2v) is 10.3. The predicted molar refractivity (Wildman–Crippen MR) is 140 cm³/mol. The van der Waals surface area contributed by atoms with E-state index in [4.69, 9.17) is 9.72 Å². The van der Waals surface area contributed by atoms with Crippen molar-refractivity contribution in [2.45, 2.75) is 45.9 Å². The van der Waals surface area contributed by atoms with Crippen molar-refractivity contribution >= 4 is 34.0 Å². The Morgan fingerprint density at radius 2 is 2.09 bits per heavy atom. The number of carbonyl (C=O) groups excluding carboxylic acids is 1. The number of aromatic nitrogens is 3. The molecule has 0 saturated carbocycles. The average molecular weight is 490 g/mol. The van der Waals surface area contributed by atoms with Gasteiger partial charge < -0.3 is 14.5 Å². The standard InChI is InChI=1S/C27H31N5O2S/c1-18-6-7-24-20(13-18)14-21(26(29-24)31(3)16-22-8-10-28-30-22)15-32(17-23-5-4-11-34-23)27(33)25-19(2)9-12-35-25/h6-10,12-14,23H,4-5,11,15-17H2,1-3H3,(H,28,30). The topological polar surface area (TPSA) is 74.3 Å². The smallest absolute Gasteiger partial charge is 0.264 e. The largest absolute Gasteiger partial charge is 0.376 e. The number of ether oxygens (including phenoxy) is 1. The normalized spacial score (nSPS) is 15.6. The summed E-state index contributed by atoms with van der Waals surface area (Å²) in [4.78, 5) is 23.6. The molecule has 1 N–H and O–H groups in total. The molecule has 4 aromatic rings. The number of anilines is 1. The maximum Gasteiger partial charge on any atom is 0.264 e. The number of rotatable bonds is 8. The minimum absolute atomic E-state index is 0.0551. The van der Waals surface area contributed by atoms with E-state index in [2.05, 4.69) is 46.3 Å². The summed E-state index contributed by atoms with van der Waals surface area (Å²) in [6.45, 7) is 6.53. The molecule has 35 heavy (non-hydrogen) atoms. The van der Waals surface area contributed by atoms with Crippen LogP contribution in [0, 0.1) is 13.8 Å². The van der Waals surface area contributed by atoms with Crippen LogP contribution in [0.25, 0.3) is 10.9 Å². The van der Waals surface area contributed by atoms with Crippen LogP contribution in [0.2, 0.25) is 0 Å². The zero-order valence-corrected chi connectivity index (χ0v) is 21.3. The van der Waals surface area contributed by atoms with E-state index in [1.54, 1.807) is 6.20 Å². The molecule has 1 atom stereocenters. The molecule has 7 nitrogen and oxygen atoms in total. The summed E-state index contributed by atoms with van der Waals surface area (Å²) in [5.74, 6) is 0.920. The number of fused-ring (bicyclic) bond motifs is 1. The van der Waals surface area contributed by atoms with Crippen LogP contribution in [0.3, 0.4) is 0 Å². The maximum atomic E-state index is 13.7. The number of amides is 1. The Morgan fingerprint density at radius 1 is 1.20 bits per heavy atom. The van der Waals surface area contributed by atoms with E-state index in [0.717, 1.165) is 57.9 Å². The van der Waals surface area contributed by atoms with Crippen LogP contribution >= 0.6 is 11.3 Å². The quantitative estimate of drug-likeness (QED) is 0.373. The van der Waals surface area contributed by atoms with Gasteiger partial charge in [0.1, 0.15) is 5.82 Å². The van der Waals surface area contributed by atoms with Gasteiger partial charge in [0.25, 0.3) is 5.91 Å². The van der Waals surface area contributed by atoms with E-state index in [1.165, 1.54) is 16.9 Å². The van der Waals surface area contributed by atoms with Crippen LogP contribution in [-0.4, -0.2) is 52.3 Å². The lowest BCUT2D eigenvalue weighted by Gasteiger charge is -2.28.